The van der Waals surface area contributed by atoms with Crippen LogP contribution >= 0.6 is 0 Å². The fraction of sp³-hybridized carbons (Fsp3) is 0. The van der Waals surface area contributed by atoms with Crippen LogP contribution in [0.5, 0.6) is 0 Å². The Hall–Kier alpha value is -8.79. The SMILES string of the molecule is c1ccc(-c2ccc(-c3nc4c(o3)c(-c3ccc5c(N(c6ccc(-c7ccccc7)cc6)c6ccc(-c7ccccc7)c(-c7ccccc7)c6)cccc5c3)cc3ccccc34)cc2)cc1. The summed E-state index contributed by atoms with van der Waals surface area (Å²) in [5.74, 6) is 0.604. The summed E-state index contributed by atoms with van der Waals surface area (Å²) in [6.45, 7) is 0. The van der Waals surface area contributed by atoms with Crippen molar-refractivity contribution in [3.05, 3.63) is 255 Å². The van der Waals surface area contributed by atoms with Gasteiger partial charge in [0, 0.05) is 33.3 Å². The average molecular weight is 843 g/mol. The molecule has 66 heavy (non-hydrogen) atoms. The smallest absolute Gasteiger partial charge is 0.227 e. The second-order valence-electron chi connectivity index (χ2n) is 16.7. The Morgan fingerprint density at radius 2 is 0.803 bits per heavy atom. The van der Waals surface area contributed by atoms with Gasteiger partial charge in [-0.2, -0.15) is 0 Å². The molecule has 0 atom stereocenters. The molecule has 1 heterocycles. The number of nitrogens with zero attached hydrogens (tertiary/aromatic N) is 2. The maximum Gasteiger partial charge on any atom is 0.227 e. The highest BCUT2D eigenvalue weighted by Crippen LogP contribution is 2.45. The van der Waals surface area contributed by atoms with Gasteiger partial charge in [0.1, 0.15) is 5.52 Å². The first-order valence-corrected chi connectivity index (χ1v) is 22.4. The Morgan fingerprint density at radius 1 is 0.303 bits per heavy atom. The molecular formula is C63H42N2O. The third-order valence-electron chi connectivity index (χ3n) is 12.7. The second-order valence-corrected chi connectivity index (χ2v) is 16.7. The number of hydrogen-bond acceptors (Lipinski definition) is 3. The average Bonchev–Trinajstić information content (AvgIpc) is 3.86. The van der Waals surface area contributed by atoms with Crippen molar-refractivity contribution in [2.24, 2.45) is 0 Å². The van der Waals surface area contributed by atoms with E-state index in [1.807, 2.05) is 6.07 Å². The van der Waals surface area contributed by atoms with E-state index in [1.165, 1.54) is 38.9 Å². The predicted octanol–water partition coefficient (Wildman–Crippen LogP) is 17.6. The van der Waals surface area contributed by atoms with Crippen LogP contribution in [0.4, 0.5) is 17.1 Å². The van der Waals surface area contributed by atoms with Gasteiger partial charge in [0.25, 0.3) is 0 Å². The number of oxazole rings is 1. The van der Waals surface area contributed by atoms with Gasteiger partial charge in [-0.05, 0) is 115 Å². The van der Waals surface area contributed by atoms with Crippen LogP contribution in [0.3, 0.4) is 0 Å². The zero-order valence-electron chi connectivity index (χ0n) is 36.1. The fourth-order valence-corrected chi connectivity index (χ4v) is 9.41. The summed E-state index contributed by atoms with van der Waals surface area (Å²) in [6, 6.07) is 90.8. The minimum absolute atomic E-state index is 0.604. The molecular weight excluding hydrogens is 801 g/mol. The number of benzene rings is 11. The number of rotatable bonds is 9. The maximum absolute atomic E-state index is 6.79. The lowest BCUT2D eigenvalue weighted by Gasteiger charge is -2.28. The molecule has 3 heteroatoms. The Morgan fingerprint density at radius 3 is 1.47 bits per heavy atom. The molecule has 0 saturated carbocycles. The third kappa shape index (κ3) is 7.19. The van der Waals surface area contributed by atoms with E-state index < -0.39 is 0 Å². The van der Waals surface area contributed by atoms with E-state index in [-0.39, 0.29) is 0 Å². The molecule has 310 valence electrons. The van der Waals surface area contributed by atoms with Crippen molar-refractivity contribution < 1.29 is 4.42 Å². The van der Waals surface area contributed by atoms with E-state index in [0.29, 0.717) is 5.89 Å². The van der Waals surface area contributed by atoms with Crippen molar-refractivity contribution >= 4 is 49.7 Å². The van der Waals surface area contributed by atoms with Crippen molar-refractivity contribution in [3.8, 4) is 67.1 Å². The summed E-state index contributed by atoms with van der Waals surface area (Å²) in [5, 5.41) is 4.44. The first kappa shape index (κ1) is 38.9. The van der Waals surface area contributed by atoms with Crippen molar-refractivity contribution in [2.75, 3.05) is 4.90 Å². The van der Waals surface area contributed by atoms with E-state index in [2.05, 4.69) is 254 Å². The topological polar surface area (TPSA) is 29.3 Å². The normalized spacial score (nSPS) is 11.3. The van der Waals surface area contributed by atoms with Crippen molar-refractivity contribution in [1.29, 1.82) is 0 Å². The van der Waals surface area contributed by atoms with Gasteiger partial charge >= 0.3 is 0 Å². The van der Waals surface area contributed by atoms with Gasteiger partial charge in [0.2, 0.25) is 5.89 Å². The molecule has 0 N–H and O–H groups in total. The molecule has 0 bridgehead atoms. The molecule has 0 aliphatic rings. The van der Waals surface area contributed by atoms with E-state index in [0.717, 1.165) is 72.0 Å². The predicted molar refractivity (Wildman–Crippen MR) is 276 cm³/mol. The quantitative estimate of drug-likeness (QED) is 0.145. The zero-order valence-corrected chi connectivity index (χ0v) is 36.1. The molecule has 0 unspecified atom stereocenters. The van der Waals surface area contributed by atoms with Crippen molar-refractivity contribution in [2.45, 2.75) is 0 Å². The molecule has 0 aliphatic heterocycles. The van der Waals surface area contributed by atoms with Crippen LogP contribution in [0.2, 0.25) is 0 Å². The fourth-order valence-electron chi connectivity index (χ4n) is 9.41. The molecule has 0 amide bonds. The molecule has 0 saturated heterocycles. The first-order valence-electron chi connectivity index (χ1n) is 22.4. The van der Waals surface area contributed by atoms with Gasteiger partial charge in [-0.3, -0.25) is 0 Å². The van der Waals surface area contributed by atoms with Crippen molar-refractivity contribution in [3.63, 3.8) is 0 Å². The highest BCUT2D eigenvalue weighted by molar-refractivity contribution is 6.11. The Balaban J connectivity index is 1.00. The summed E-state index contributed by atoms with van der Waals surface area (Å²) in [5.41, 5.74) is 17.3. The molecule has 0 spiro atoms. The van der Waals surface area contributed by atoms with Crippen LogP contribution in [0.25, 0.3) is 99.7 Å². The molecule has 0 aliphatic carbocycles. The van der Waals surface area contributed by atoms with Crippen LogP contribution < -0.4 is 4.90 Å². The highest BCUT2D eigenvalue weighted by atomic mass is 16.3. The molecule has 3 nitrogen and oxygen atoms in total. The van der Waals surface area contributed by atoms with Gasteiger partial charge in [-0.1, -0.05) is 200 Å². The standard InChI is InChI=1S/C63H42N2O/c1-5-16-43(17-6-1)45-28-30-49(31-29-45)63-64-61-57-26-14-13-24-51(57)41-59(62(61)66-63)52-34-38-56-50(40-52)25-15-27-60(56)65(53-35-32-46(33-36-53)44-18-7-2-8-19-44)54-37-39-55(47-20-9-3-10-21-47)58(42-54)48-22-11-4-12-23-48/h1-42H. The molecule has 0 radical (unpaired) electrons. The van der Waals surface area contributed by atoms with Crippen LogP contribution in [-0.4, -0.2) is 4.98 Å². The summed E-state index contributed by atoms with van der Waals surface area (Å²) in [4.78, 5) is 7.57. The van der Waals surface area contributed by atoms with Crippen molar-refractivity contribution in [1.82, 2.24) is 4.98 Å². The number of hydrogen-bond donors (Lipinski definition) is 0. The number of fused-ring (bicyclic) bond motifs is 4. The monoisotopic (exact) mass is 842 g/mol. The number of aromatic nitrogens is 1. The lowest BCUT2D eigenvalue weighted by atomic mass is 9.93. The molecule has 12 aromatic rings. The zero-order chi connectivity index (χ0) is 43.8. The summed E-state index contributed by atoms with van der Waals surface area (Å²) in [7, 11) is 0. The van der Waals surface area contributed by atoms with E-state index in [1.54, 1.807) is 0 Å². The Kier molecular flexibility index (Phi) is 9.85. The van der Waals surface area contributed by atoms with E-state index >= 15 is 0 Å². The molecule has 1 aromatic heterocycles. The maximum atomic E-state index is 6.79. The largest absolute Gasteiger partial charge is 0.435 e. The minimum atomic E-state index is 0.604. The lowest BCUT2D eigenvalue weighted by Crippen LogP contribution is -2.11. The summed E-state index contributed by atoms with van der Waals surface area (Å²) >= 11 is 0. The highest BCUT2D eigenvalue weighted by Gasteiger charge is 2.21. The summed E-state index contributed by atoms with van der Waals surface area (Å²) < 4.78 is 6.79. The van der Waals surface area contributed by atoms with Crippen LogP contribution in [0.15, 0.2) is 259 Å². The Bertz CT molecular complexity index is 3660. The number of anilines is 3. The van der Waals surface area contributed by atoms with Crippen LogP contribution in [-0.2, 0) is 0 Å². The first-order chi connectivity index (χ1) is 32.7. The van der Waals surface area contributed by atoms with Gasteiger partial charge in [0.15, 0.2) is 5.58 Å². The van der Waals surface area contributed by atoms with Gasteiger partial charge in [-0.15, -0.1) is 0 Å². The van der Waals surface area contributed by atoms with Crippen LogP contribution in [0.1, 0.15) is 0 Å². The molecule has 12 rings (SSSR count). The Labute approximate surface area is 384 Å². The molecule has 11 aromatic carbocycles. The second kappa shape index (κ2) is 16.7. The molecule has 0 fully saturated rings. The van der Waals surface area contributed by atoms with Gasteiger partial charge in [0.05, 0.1) is 5.69 Å². The third-order valence-corrected chi connectivity index (χ3v) is 12.7. The van der Waals surface area contributed by atoms with Gasteiger partial charge < -0.3 is 9.32 Å². The van der Waals surface area contributed by atoms with Crippen LogP contribution in [0, 0.1) is 0 Å². The van der Waals surface area contributed by atoms with E-state index in [4.69, 9.17) is 9.40 Å². The van der Waals surface area contributed by atoms with Gasteiger partial charge in [-0.25, -0.2) is 4.98 Å². The van der Waals surface area contributed by atoms with E-state index in [9.17, 15) is 0 Å². The lowest BCUT2D eigenvalue weighted by molar-refractivity contribution is 0.621. The summed E-state index contributed by atoms with van der Waals surface area (Å²) in [6.07, 6.45) is 0. The minimum Gasteiger partial charge on any atom is -0.435 e.